The van der Waals surface area contributed by atoms with E-state index in [0.29, 0.717) is 0 Å². The van der Waals surface area contributed by atoms with E-state index >= 15 is 0 Å². The van der Waals surface area contributed by atoms with Crippen LogP contribution in [0.1, 0.15) is 11.1 Å². The van der Waals surface area contributed by atoms with Crippen LogP contribution < -0.4 is 0 Å². The molecule has 0 atom stereocenters. The first-order valence-corrected chi connectivity index (χ1v) is 4.48. The average Bonchev–Trinajstić information content (AvgIpc) is 2.14. The third kappa shape index (κ3) is 2.77. The zero-order chi connectivity index (χ0) is 10.6. The Morgan fingerprint density at radius 1 is 1.21 bits per heavy atom. The lowest BCUT2D eigenvalue weighted by atomic mass is 10.1. The molecule has 0 radical (unpaired) electrons. The summed E-state index contributed by atoms with van der Waals surface area (Å²) in [6.45, 7) is 0. The highest BCUT2D eigenvalue weighted by Gasteiger charge is 2.32. The van der Waals surface area contributed by atoms with Gasteiger partial charge in [0.1, 0.15) is 0 Å². The molecule has 0 spiro atoms. The molecule has 0 aliphatic heterocycles. The van der Waals surface area contributed by atoms with E-state index in [4.69, 9.17) is 11.6 Å². The van der Waals surface area contributed by atoms with Gasteiger partial charge in [-0.3, -0.25) is 0 Å². The fraction of sp³-hybridized carbons (Fsp3) is 0.200. The third-order valence-corrected chi connectivity index (χ3v) is 1.83. The molecule has 0 saturated heterocycles. The molecule has 0 fully saturated rings. The van der Waals surface area contributed by atoms with E-state index in [2.05, 4.69) is 0 Å². The summed E-state index contributed by atoms with van der Waals surface area (Å²) < 4.78 is 37.2. The van der Waals surface area contributed by atoms with Gasteiger partial charge in [-0.2, -0.15) is 13.2 Å². The second-order valence-corrected chi connectivity index (χ2v) is 2.95. The zero-order valence-corrected chi connectivity index (χ0v) is 7.94. The number of allylic oxidation sites excluding steroid dienone is 1. The van der Waals surface area contributed by atoms with Crippen LogP contribution in [0.3, 0.4) is 0 Å². The Labute approximate surface area is 85.0 Å². The van der Waals surface area contributed by atoms with Crippen molar-refractivity contribution in [2.24, 2.45) is 0 Å². The molecule has 76 valence electrons. The van der Waals surface area contributed by atoms with Crippen molar-refractivity contribution in [2.75, 3.05) is 5.88 Å². The first-order valence-electron chi connectivity index (χ1n) is 3.94. The molecule has 4 heteroatoms. The molecule has 0 heterocycles. The van der Waals surface area contributed by atoms with Crippen molar-refractivity contribution >= 4 is 17.7 Å². The van der Waals surface area contributed by atoms with Crippen LogP contribution in [0.5, 0.6) is 0 Å². The predicted octanol–water partition coefficient (Wildman–Crippen LogP) is 3.96. The average molecular weight is 221 g/mol. The number of benzene rings is 1. The summed E-state index contributed by atoms with van der Waals surface area (Å²) in [7, 11) is 0. The number of halogens is 4. The maximum absolute atomic E-state index is 12.4. The summed E-state index contributed by atoms with van der Waals surface area (Å²) in [5, 5.41) is 0. The highest BCUT2D eigenvalue weighted by molar-refractivity contribution is 6.19. The molecular weight excluding hydrogens is 213 g/mol. The normalized spacial score (nSPS) is 12.3. The van der Waals surface area contributed by atoms with Crippen molar-refractivity contribution in [3.05, 3.63) is 41.5 Å². The van der Waals surface area contributed by atoms with Gasteiger partial charge in [-0.25, -0.2) is 0 Å². The van der Waals surface area contributed by atoms with Crippen molar-refractivity contribution in [2.45, 2.75) is 6.18 Å². The Kier molecular flexibility index (Phi) is 3.58. The van der Waals surface area contributed by atoms with E-state index in [1.54, 1.807) is 6.07 Å². The quantitative estimate of drug-likeness (QED) is 0.662. The second kappa shape index (κ2) is 4.51. The van der Waals surface area contributed by atoms with E-state index in [9.17, 15) is 13.2 Å². The lowest BCUT2D eigenvalue weighted by Crippen LogP contribution is -2.06. The summed E-state index contributed by atoms with van der Waals surface area (Å²) >= 11 is 5.35. The first-order chi connectivity index (χ1) is 6.55. The van der Waals surface area contributed by atoms with Crippen molar-refractivity contribution in [1.29, 1.82) is 0 Å². The maximum atomic E-state index is 12.4. The van der Waals surface area contributed by atoms with Gasteiger partial charge < -0.3 is 0 Å². The van der Waals surface area contributed by atoms with Crippen molar-refractivity contribution in [3.8, 4) is 0 Å². The molecule has 0 amide bonds. The molecule has 0 aliphatic carbocycles. The van der Waals surface area contributed by atoms with E-state index < -0.39 is 11.7 Å². The van der Waals surface area contributed by atoms with Crippen LogP contribution in [0, 0.1) is 0 Å². The van der Waals surface area contributed by atoms with Gasteiger partial charge in [0.15, 0.2) is 0 Å². The molecule has 14 heavy (non-hydrogen) atoms. The fourth-order valence-corrected chi connectivity index (χ4v) is 1.16. The Balaban J connectivity index is 3.10. The number of hydrogen-bond donors (Lipinski definition) is 0. The monoisotopic (exact) mass is 220 g/mol. The van der Waals surface area contributed by atoms with Crippen molar-refractivity contribution in [1.82, 2.24) is 0 Å². The summed E-state index contributed by atoms with van der Waals surface area (Å²) in [4.78, 5) is 0. The minimum Gasteiger partial charge on any atom is -0.166 e. The van der Waals surface area contributed by atoms with Gasteiger partial charge >= 0.3 is 6.18 Å². The summed E-state index contributed by atoms with van der Waals surface area (Å²) in [5.74, 6) is 0.201. The summed E-state index contributed by atoms with van der Waals surface area (Å²) in [6, 6.07) is 5.38. The molecule has 0 bridgehead atoms. The number of hydrogen-bond acceptors (Lipinski definition) is 0. The maximum Gasteiger partial charge on any atom is 0.416 e. The topological polar surface area (TPSA) is 0 Å². The number of rotatable bonds is 2. The molecule has 1 aromatic rings. The van der Waals surface area contributed by atoms with Gasteiger partial charge in [-0.15, -0.1) is 11.6 Å². The zero-order valence-electron chi connectivity index (χ0n) is 7.18. The Morgan fingerprint density at radius 3 is 2.43 bits per heavy atom. The molecule has 0 N–H and O–H groups in total. The van der Waals surface area contributed by atoms with E-state index in [1.165, 1.54) is 24.3 Å². The minimum atomic E-state index is -4.31. The molecule has 0 saturated carbocycles. The van der Waals surface area contributed by atoms with Crippen LogP contribution in [0.4, 0.5) is 13.2 Å². The van der Waals surface area contributed by atoms with Crippen molar-refractivity contribution < 1.29 is 13.2 Å². The van der Waals surface area contributed by atoms with Crippen LogP contribution in [0.2, 0.25) is 0 Å². The fourth-order valence-electron chi connectivity index (χ4n) is 1.07. The predicted molar refractivity (Wildman–Crippen MR) is 51.2 cm³/mol. The van der Waals surface area contributed by atoms with Crippen LogP contribution in [-0.2, 0) is 6.18 Å². The Hall–Kier alpha value is -0.960. The van der Waals surface area contributed by atoms with Crippen LogP contribution >= 0.6 is 11.6 Å². The van der Waals surface area contributed by atoms with Crippen LogP contribution in [-0.4, -0.2) is 5.88 Å². The molecule has 1 aromatic carbocycles. The largest absolute Gasteiger partial charge is 0.416 e. The third-order valence-electron chi connectivity index (χ3n) is 1.65. The van der Waals surface area contributed by atoms with Gasteiger partial charge in [0.25, 0.3) is 0 Å². The van der Waals surface area contributed by atoms with Gasteiger partial charge in [-0.1, -0.05) is 30.4 Å². The van der Waals surface area contributed by atoms with Crippen LogP contribution in [0.25, 0.3) is 6.08 Å². The van der Waals surface area contributed by atoms with Crippen LogP contribution in [0.15, 0.2) is 30.3 Å². The summed E-state index contributed by atoms with van der Waals surface area (Å²) in [5.41, 5.74) is -0.498. The SMILES string of the molecule is FC(F)(F)c1ccccc1C=CCCl. The number of alkyl halides is 4. The van der Waals surface area contributed by atoms with Crippen molar-refractivity contribution in [3.63, 3.8) is 0 Å². The highest BCUT2D eigenvalue weighted by Crippen LogP contribution is 2.32. The van der Waals surface area contributed by atoms with E-state index in [-0.39, 0.29) is 11.4 Å². The van der Waals surface area contributed by atoms with E-state index in [0.717, 1.165) is 6.07 Å². The lowest BCUT2D eigenvalue weighted by Gasteiger charge is -2.09. The lowest BCUT2D eigenvalue weighted by molar-refractivity contribution is -0.137. The highest BCUT2D eigenvalue weighted by atomic mass is 35.5. The Morgan fingerprint density at radius 2 is 1.86 bits per heavy atom. The molecule has 0 unspecified atom stereocenters. The standard InChI is InChI=1S/C10H8ClF3/c11-7-3-5-8-4-1-2-6-9(8)10(12,13)14/h1-6H,7H2. The van der Waals surface area contributed by atoms with E-state index in [1.807, 2.05) is 0 Å². The molecule has 1 rings (SSSR count). The Bertz CT molecular complexity index is 328. The second-order valence-electron chi connectivity index (χ2n) is 2.64. The van der Waals surface area contributed by atoms with Gasteiger partial charge in [0.05, 0.1) is 5.56 Å². The van der Waals surface area contributed by atoms with Gasteiger partial charge in [0, 0.05) is 5.88 Å². The molecule has 0 aromatic heterocycles. The molecule has 0 nitrogen and oxygen atoms in total. The molecular formula is C10H8ClF3. The minimum absolute atomic E-state index is 0.139. The summed E-state index contributed by atoms with van der Waals surface area (Å²) in [6.07, 6.45) is -1.46. The smallest absolute Gasteiger partial charge is 0.166 e. The van der Waals surface area contributed by atoms with Gasteiger partial charge in [0.2, 0.25) is 0 Å². The molecule has 0 aliphatic rings. The van der Waals surface area contributed by atoms with Gasteiger partial charge in [-0.05, 0) is 11.6 Å². The first kappa shape index (κ1) is 11.1.